The fourth-order valence-corrected chi connectivity index (χ4v) is 2.89. The van der Waals surface area contributed by atoms with Gasteiger partial charge in [0.1, 0.15) is 0 Å². The molecule has 0 aliphatic heterocycles. The van der Waals surface area contributed by atoms with E-state index in [0.29, 0.717) is 10.6 Å². The second kappa shape index (κ2) is 6.09. The zero-order valence-electron chi connectivity index (χ0n) is 12.1. The van der Waals surface area contributed by atoms with E-state index in [1.807, 2.05) is 31.4 Å². The van der Waals surface area contributed by atoms with Crippen LogP contribution in [0.2, 0.25) is 0 Å². The molecule has 0 aliphatic rings. The number of anilines is 1. The molecule has 0 atom stereocenters. The van der Waals surface area contributed by atoms with E-state index >= 15 is 0 Å². The lowest BCUT2D eigenvalue weighted by Crippen LogP contribution is -2.30. The van der Waals surface area contributed by atoms with E-state index in [9.17, 15) is 4.79 Å². The van der Waals surface area contributed by atoms with Crippen LogP contribution in [-0.4, -0.2) is 11.9 Å². The van der Waals surface area contributed by atoms with E-state index in [0.717, 1.165) is 17.5 Å². The summed E-state index contributed by atoms with van der Waals surface area (Å²) in [5.74, 6) is -0.103. The van der Waals surface area contributed by atoms with Crippen molar-refractivity contribution in [2.45, 2.75) is 33.2 Å². The number of hydrogen-bond donors (Lipinski definition) is 2. The Morgan fingerprint density at radius 3 is 2.50 bits per heavy atom. The minimum absolute atomic E-state index is 0.0946. The van der Waals surface area contributed by atoms with Crippen molar-refractivity contribution in [3.05, 3.63) is 40.8 Å². The van der Waals surface area contributed by atoms with Crippen LogP contribution < -0.4 is 11.1 Å². The molecule has 20 heavy (non-hydrogen) atoms. The van der Waals surface area contributed by atoms with Crippen molar-refractivity contribution in [3.8, 4) is 11.1 Å². The topological polar surface area (TPSA) is 55.1 Å². The van der Waals surface area contributed by atoms with Gasteiger partial charge in [-0.1, -0.05) is 31.2 Å². The molecule has 1 aromatic carbocycles. The van der Waals surface area contributed by atoms with Gasteiger partial charge in [0.15, 0.2) is 0 Å². The fourth-order valence-electron chi connectivity index (χ4n) is 2.07. The maximum Gasteiger partial charge on any atom is 0.255 e. The quantitative estimate of drug-likeness (QED) is 0.901. The van der Waals surface area contributed by atoms with Gasteiger partial charge in [-0.05, 0) is 31.4 Å². The van der Waals surface area contributed by atoms with Gasteiger partial charge in [0, 0.05) is 17.0 Å². The van der Waals surface area contributed by atoms with Crippen molar-refractivity contribution in [3.63, 3.8) is 0 Å². The van der Waals surface area contributed by atoms with Crippen LogP contribution in [0.4, 0.5) is 5.00 Å². The van der Waals surface area contributed by atoms with Crippen LogP contribution in [0.15, 0.2) is 29.6 Å². The van der Waals surface area contributed by atoms with Crippen LogP contribution in [-0.2, 0) is 6.42 Å². The Kier molecular flexibility index (Phi) is 4.45. The van der Waals surface area contributed by atoms with Crippen LogP contribution in [0.3, 0.4) is 0 Å². The highest BCUT2D eigenvalue weighted by Gasteiger charge is 2.19. The summed E-state index contributed by atoms with van der Waals surface area (Å²) in [6, 6.07) is 8.37. The molecule has 4 heteroatoms. The lowest BCUT2D eigenvalue weighted by molar-refractivity contribution is 0.0945. The van der Waals surface area contributed by atoms with Gasteiger partial charge in [-0.15, -0.1) is 11.3 Å². The number of amides is 1. The third kappa shape index (κ3) is 3.02. The summed E-state index contributed by atoms with van der Waals surface area (Å²) in [6.07, 6.45) is 1.01. The van der Waals surface area contributed by atoms with Gasteiger partial charge in [-0.2, -0.15) is 0 Å². The summed E-state index contributed by atoms with van der Waals surface area (Å²) in [5, 5.41) is 5.42. The number of carbonyl (C=O) groups excluding carboxylic acids is 1. The van der Waals surface area contributed by atoms with Crippen LogP contribution in [0.1, 0.15) is 36.7 Å². The van der Waals surface area contributed by atoms with E-state index in [4.69, 9.17) is 5.73 Å². The molecule has 0 saturated carbocycles. The van der Waals surface area contributed by atoms with E-state index in [-0.39, 0.29) is 11.9 Å². The van der Waals surface area contributed by atoms with Gasteiger partial charge in [0.25, 0.3) is 5.91 Å². The van der Waals surface area contributed by atoms with Crippen LogP contribution in [0.5, 0.6) is 0 Å². The van der Waals surface area contributed by atoms with Crippen molar-refractivity contribution < 1.29 is 4.79 Å². The smallest absolute Gasteiger partial charge is 0.255 e. The highest BCUT2D eigenvalue weighted by atomic mass is 32.1. The first kappa shape index (κ1) is 14.6. The number of aryl methyl sites for hydroxylation is 1. The number of benzene rings is 1. The van der Waals surface area contributed by atoms with E-state index < -0.39 is 0 Å². The Morgan fingerprint density at radius 1 is 1.30 bits per heavy atom. The predicted octanol–water partition coefficient (Wildman–Crippen LogP) is 3.70. The average molecular weight is 288 g/mol. The van der Waals surface area contributed by atoms with E-state index in [1.54, 1.807) is 0 Å². The van der Waals surface area contributed by atoms with Gasteiger partial charge in [-0.25, -0.2) is 0 Å². The SMILES string of the molecule is CCc1ccc(-c2csc(N)c2C(=O)NC(C)C)cc1. The predicted molar refractivity (Wildman–Crippen MR) is 86.1 cm³/mol. The molecular formula is C16H20N2OS. The Morgan fingerprint density at radius 2 is 1.95 bits per heavy atom. The molecule has 0 unspecified atom stereocenters. The first-order valence-corrected chi connectivity index (χ1v) is 7.68. The van der Waals surface area contributed by atoms with Crippen molar-refractivity contribution in [1.29, 1.82) is 0 Å². The van der Waals surface area contributed by atoms with Crippen LogP contribution >= 0.6 is 11.3 Å². The molecule has 106 valence electrons. The monoisotopic (exact) mass is 288 g/mol. The Balaban J connectivity index is 2.39. The summed E-state index contributed by atoms with van der Waals surface area (Å²) >= 11 is 1.41. The summed E-state index contributed by atoms with van der Waals surface area (Å²) < 4.78 is 0. The number of nitrogens with two attached hydrogens (primary N) is 1. The maximum absolute atomic E-state index is 12.3. The van der Waals surface area contributed by atoms with Crippen molar-refractivity contribution >= 4 is 22.2 Å². The van der Waals surface area contributed by atoms with E-state index in [1.165, 1.54) is 16.9 Å². The molecule has 0 radical (unpaired) electrons. The zero-order valence-corrected chi connectivity index (χ0v) is 12.9. The second-order valence-corrected chi connectivity index (χ2v) is 5.98. The van der Waals surface area contributed by atoms with Gasteiger partial charge < -0.3 is 11.1 Å². The summed E-state index contributed by atoms with van der Waals surface area (Å²) in [5.41, 5.74) is 9.78. The largest absolute Gasteiger partial charge is 0.390 e. The normalized spacial score (nSPS) is 10.8. The molecule has 0 bridgehead atoms. The summed E-state index contributed by atoms with van der Waals surface area (Å²) in [4.78, 5) is 12.3. The molecule has 1 amide bonds. The molecular weight excluding hydrogens is 268 g/mol. The Hall–Kier alpha value is -1.81. The first-order valence-electron chi connectivity index (χ1n) is 6.80. The molecule has 0 fully saturated rings. The molecule has 2 rings (SSSR count). The minimum atomic E-state index is -0.103. The third-order valence-corrected chi connectivity index (χ3v) is 3.95. The minimum Gasteiger partial charge on any atom is -0.390 e. The second-order valence-electron chi connectivity index (χ2n) is 5.07. The molecule has 0 saturated heterocycles. The molecule has 2 aromatic rings. The van der Waals surface area contributed by atoms with Crippen LogP contribution in [0.25, 0.3) is 11.1 Å². The highest BCUT2D eigenvalue weighted by molar-refractivity contribution is 7.15. The Bertz CT molecular complexity index is 599. The number of thiophene rings is 1. The lowest BCUT2D eigenvalue weighted by Gasteiger charge is -2.10. The molecule has 0 aliphatic carbocycles. The molecule has 3 nitrogen and oxygen atoms in total. The number of rotatable bonds is 4. The van der Waals surface area contributed by atoms with Gasteiger partial charge >= 0.3 is 0 Å². The van der Waals surface area contributed by atoms with Crippen LogP contribution in [0, 0.1) is 0 Å². The summed E-state index contributed by atoms with van der Waals surface area (Å²) in [6.45, 7) is 6.01. The van der Waals surface area contributed by atoms with Crippen molar-refractivity contribution in [2.75, 3.05) is 5.73 Å². The van der Waals surface area contributed by atoms with Gasteiger partial charge in [0.05, 0.1) is 10.6 Å². The van der Waals surface area contributed by atoms with E-state index in [2.05, 4.69) is 24.4 Å². The maximum atomic E-state index is 12.3. The molecule has 1 aromatic heterocycles. The standard InChI is InChI=1S/C16H20N2OS/c1-4-11-5-7-12(8-6-11)13-9-20-15(17)14(13)16(19)18-10(2)3/h5-10H,4,17H2,1-3H3,(H,18,19). The van der Waals surface area contributed by atoms with Crippen molar-refractivity contribution in [1.82, 2.24) is 5.32 Å². The lowest BCUT2D eigenvalue weighted by atomic mass is 10.0. The fraction of sp³-hybridized carbons (Fsp3) is 0.312. The molecule has 0 spiro atoms. The molecule has 1 heterocycles. The molecule has 3 N–H and O–H groups in total. The van der Waals surface area contributed by atoms with Gasteiger partial charge in [0.2, 0.25) is 0 Å². The number of nitrogen functional groups attached to an aromatic ring is 1. The number of hydrogen-bond acceptors (Lipinski definition) is 3. The Labute approximate surface area is 123 Å². The number of carbonyl (C=O) groups is 1. The number of nitrogens with one attached hydrogen (secondary N) is 1. The third-order valence-electron chi connectivity index (χ3n) is 3.14. The highest BCUT2D eigenvalue weighted by Crippen LogP contribution is 2.33. The van der Waals surface area contributed by atoms with Crippen molar-refractivity contribution in [2.24, 2.45) is 0 Å². The summed E-state index contributed by atoms with van der Waals surface area (Å²) in [7, 11) is 0. The zero-order chi connectivity index (χ0) is 14.7. The average Bonchev–Trinajstić information content (AvgIpc) is 2.80. The van der Waals surface area contributed by atoms with Gasteiger partial charge in [-0.3, -0.25) is 4.79 Å². The first-order chi connectivity index (χ1) is 9.52.